The Morgan fingerprint density at radius 3 is 2.59 bits per heavy atom. The van der Waals surface area contributed by atoms with E-state index in [1.165, 1.54) is 4.90 Å². The Bertz CT molecular complexity index is 1070. The van der Waals surface area contributed by atoms with Gasteiger partial charge in [0.1, 0.15) is 35.2 Å². The molecule has 2 atom stereocenters. The number of aliphatic hydroxyl groups is 1. The van der Waals surface area contributed by atoms with Crippen LogP contribution in [0.15, 0.2) is 40.3 Å². The highest BCUT2D eigenvalue weighted by Crippen LogP contribution is 2.41. The minimum atomic E-state index is -0.761. The number of aliphatic hydroxyl groups excluding tert-OH is 1. The van der Waals surface area contributed by atoms with E-state index in [4.69, 9.17) is 9.15 Å². The predicted octanol–water partition coefficient (Wildman–Crippen LogP) is 3.67. The number of amides is 1. The van der Waals surface area contributed by atoms with E-state index in [2.05, 4.69) is 18.7 Å². The molecule has 0 saturated carbocycles. The molecule has 0 unspecified atom stereocenters. The van der Waals surface area contributed by atoms with Crippen LogP contribution in [-0.2, 0) is 16.0 Å². The number of carbonyl (C=O) groups excluding carboxylic acids is 2. The SMILES string of the molecule is CCN(CC)CCN1C(=O)C(=O)C(=C(O)c2ccc3c(c2)C[C@H](C)O3)[C@@H]1c1ccc(C)o1. The molecular weight excluding hydrogens is 408 g/mol. The summed E-state index contributed by atoms with van der Waals surface area (Å²) >= 11 is 0. The van der Waals surface area contributed by atoms with Gasteiger partial charge in [-0.05, 0) is 62.8 Å². The zero-order valence-corrected chi connectivity index (χ0v) is 19.1. The number of ketones is 1. The fraction of sp³-hybridized carbons (Fsp3) is 0.440. The van der Waals surface area contributed by atoms with Gasteiger partial charge in [0.2, 0.25) is 0 Å². The molecule has 2 aromatic rings. The van der Waals surface area contributed by atoms with E-state index in [0.29, 0.717) is 30.2 Å². The zero-order chi connectivity index (χ0) is 23.0. The van der Waals surface area contributed by atoms with Gasteiger partial charge in [0.25, 0.3) is 11.7 Å². The van der Waals surface area contributed by atoms with Crippen molar-refractivity contribution in [2.24, 2.45) is 0 Å². The minimum Gasteiger partial charge on any atom is -0.507 e. The minimum absolute atomic E-state index is 0.0656. The Morgan fingerprint density at radius 1 is 1.19 bits per heavy atom. The fourth-order valence-corrected chi connectivity index (χ4v) is 4.52. The van der Waals surface area contributed by atoms with E-state index < -0.39 is 17.7 Å². The maximum atomic E-state index is 13.1. The second-order valence-electron chi connectivity index (χ2n) is 8.42. The van der Waals surface area contributed by atoms with Crippen molar-refractivity contribution in [2.45, 2.75) is 46.3 Å². The molecule has 0 aliphatic carbocycles. The molecule has 170 valence electrons. The number of benzene rings is 1. The summed E-state index contributed by atoms with van der Waals surface area (Å²) in [6.07, 6.45) is 0.800. The zero-order valence-electron chi connectivity index (χ0n) is 19.1. The van der Waals surface area contributed by atoms with E-state index in [9.17, 15) is 14.7 Å². The Morgan fingerprint density at radius 2 is 1.94 bits per heavy atom. The lowest BCUT2D eigenvalue weighted by molar-refractivity contribution is -0.140. The number of Topliss-reactive ketones (excluding diaryl/α,β-unsaturated/α-hetero) is 1. The molecule has 7 heteroatoms. The molecule has 1 N–H and O–H groups in total. The van der Waals surface area contributed by atoms with Crippen molar-refractivity contribution in [2.75, 3.05) is 26.2 Å². The first-order valence-electron chi connectivity index (χ1n) is 11.2. The van der Waals surface area contributed by atoms with Crippen LogP contribution >= 0.6 is 0 Å². The molecule has 4 rings (SSSR count). The van der Waals surface area contributed by atoms with Gasteiger partial charge in [0, 0.05) is 25.1 Å². The molecule has 2 aliphatic rings. The van der Waals surface area contributed by atoms with Gasteiger partial charge in [-0.1, -0.05) is 13.8 Å². The molecule has 0 radical (unpaired) electrons. The molecule has 1 saturated heterocycles. The lowest BCUT2D eigenvalue weighted by atomic mass is 9.97. The molecule has 2 aliphatic heterocycles. The summed E-state index contributed by atoms with van der Waals surface area (Å²) in [6, 6.07) is 8.16. The quantitative estimate of drug-likeness (QED) is 0.403. The molecule has 0 bridgehead atoms. The smallest absolute Gasteiger partial charge is 0.295 e. The molecule has 1 amide bonds. The first-order valence-corrected chi connectivity index (χ1v) is 11.2. The number of furan rings is 1. The number of hydrogen-bond acceptors (Lipinski definition) is 6. The lowest BCUT2D eigenvalue weighted by Crippen LogP contribution is -2.37. The van der Waals surface area contributed by atoms with Crippen LogP contribution in [0.4, 0.5) is 0 Å². The first kappa shape index (κ1) is 22.1. The molecule has 0 spiro atoms. The maximum absolute atomic E-state index is 13.1. The summed E-state index contributed by atoms with van der Waals surface area (Å²) < 4.78 is 11.6. The number of rotatable bonds is 7. The van der Waals surface area contributed by atoms with Crippen LogP contribution in [0.1, 0.15) is 49.5 Å². The van der Waals surface area contributed by atoms with Crippen LogP contribution in [0.25, 0.3) is 5.76 Å². The van der Waals surface area contributed by atoms with Crippen molar-refractivity contribution in [3.05, 3.63) is 58.6 Å². The summed E-state index contributed by atoms with van der Waals surface area (Å²) in [7, 11) is 0. The predicted molar refractivity (Wildman–Crippen MR) is 120 cm³/mol. The van der Waals surface area contributed by atoms with E-state index in [1.807, 2.05) is 19.9 Å². The van der Waals surface area contributed by atoms with Crippen LogP contribution in [0.3, 0.4) is 0 Å². The molecule has 1 aromatic heterocycles. The number of ether oxygens (including phenoxy) is 1. The largest absolute Gasteiger partial charge is 0.507 e. The van der Waals surface area contributed by atoms with Crippen LogP contribution in [0.2, 0.25) is 0 Å². The van der Waals surface area contributed by atoms with Gasteiger partial charge >= 0.3 is 0 Å². The molecule has 1 aromatic carbocycles. The molecule has 7 nitrogen and oxygen atoms in total. The van der Waals surface area contributed by atoms with Gasteiger partial charge in [-0.3, -0.25) is 9.59 Å². The third-order valence-electron chi connectivity index (χ3n) is 6.29. The van der Waals surface area contributed by atoms with E-state index >= 15 is 0 Å². The van der Waals surface area contributed by atoms with Crippen LogP contribution in [-0.4, -0.2) is 58.9 Å². The second kappa shape index (κ2) is 8.82. The van der Waals surface area contributed by atoms with Crippen LogP contribution in [0, 0.1) is 6.92 Å². The topological polar surface area (TPSA) is 83.2 Å². The average molecular weight is 439 g/mol. The normalized spacial score (nSPS) is 22.0. The van der Waals surface area contributed by atoms with Crippen molar-refractivity contribution in [1.82, 2.24) is 9.80 Å². The highest BCUT2D eigenvalue weighted by molar-refractivity contribution is 6.46. The second-order valence-corrected chi connectivity index (χ2v) is 8.42. The van der Waals surface area contributed by atoms with E-state index in [1.54, 1.807) is 24.3 Å². The lowest BCUT2D eigenvalue weighted by Gasteiger charge is -2.26. The average Bonchev–Trinajstić information content (AvgIpc) is 3.44. The van der Waals surface area contributed by atoms with Crippen molar-refractivity contribution in [3.8, 4) is 5.75 Å². The van der Waals surface area contributed by atoms with E-state index in [0.717, 1.165) is 30.8 Å². The Kier molecular flexibility index (Phi) is 6.11. The van der Waals surface area contributed by atoms with Gasteiger partial charge in [0.05, 0.1) is 5.57 Å². The molecule has 32 heavy (non-hydrogen) atoms. The standard InChI is InChI=1S/C25H30N2O5/c1-5-26(6-2)11-12-27-22(20-9-7-15(3)31-20)21(24(29)25(27)30)23(28)17-8-10-19-18(14-17)13-16(4)32-19/h7-10,14,16,22,28H,5-6,11-13H2,1-4H3/t16-,22-/m0/s1. The first-order chi connectivity index (χ1) is 15.3. The van der Waals surface area contributed by atoms with Crippen molar-refractivity contribution >= 4 is 17.4 Å². The van der Waals surface area contributed by atoms with Crippen molar-refractivity contribution in [1.29, 1.82) is 0 Å². The summed E-state index contributed by atoms with van der Waals surface area (Å²) in [4.78, 5) is 29.8. The Hall–Kier alpha value is -3.06. The van der Waals surface area contributed by atoms with Gasteiger partial charge < -0.3 is 24.1 Å². The number of fused-ring (bicyclic) bond motifs is 1. The summed E-state index contributed by atoms with van der Waals surface area (Å²) in [5, 5.41) is 11.2. The number of carbonyl (C=O) groups is 2. The fourth-order valence-electron chi connectivity index (χ4n) is 4.52. The van der Waals surface area contributed by atoms with Crippen LogP contribution < -0.4 is 4.74 Å². The molecule has 3 heterocycles. The number of hydrogen-bond donors (Lipinski definition) is 1. The number of nitrogens with zero attached hydrogens (tertiary/aromatic N) is 2. The maximum Gasteiger partial charge on any atom is 0.295 e. The number of likely N-dealkylation sites (N-methyl/N-ethyl adjacent to an activating group) is 1. The summed E-state index contributed by atoms with van der Waals surface area (Å²) in [5.41, 5.74) is 1.54. The van der Waals surface area contributed by atoms with Gasteiger partial charge in [-0.2, -0.15) is 0 Å². The van der Waals surface area contributed by atoms with Gasteiger partial charge in [0.15, 0.2) is 0 Å². The monoisotopic (exact) mass is 438 g/mol. The number of aryl methyl sites for hydroxylation is 1. The molecule has 1 fully saturated rings. The van der Waals surface area contributed by atoms with Crippen molar-refractivity contribution < 1.29 is 23.8 Å². The van der Waals surface area contributed by atoms with Gasteiger partial charge in [-0.15, -0.1) is 0 Å². The third kappa shape index (κ3) is 3.93. The number of likely N-dealkylation sites (tertiary alicyclic amines) is 1. The van der Waals surface area contributed by atoms with Crippen LogP contribution in [0.5, 0.6) is 5.75 Å². The molecular formula is C25H30N2O5. The van der Waals surface area contributed by atoms with Gasteiger partial charge in [-0.25, -0.2) is 0 Å². The highest BCUT2D eigenvalue weighted by atomic mass is 16.5. The third-order valence-corrected chi connectivity index (χ3v) is 6.29. The Labute approximate surface area is 188 Å². The van der Waals surface area contributed by atoms with Crippen molar-refractivity contribution in [3.63, 3.8) is 0 Å². The summed E-state index contributed by atoms with van der Waals surface area (Å²) in [5.74, 6) is 0.447. The summed E-state index contributed by atoms with van der Waals surface area (Å²) in [6.45, 7) is 10.6. The Balaban J connectivity index is 1.76. The van der Waals surface area contributed by atoms with E-state index in [-0.39, 0.29) is 17.4 Å². The highest BCUT2D eigenvalue weighted by Gasteiger charge is 2.47.